The van der Waals surface area contributed by atoms with Gasteiger partial charge in [0.05, 0.1) is 18.5 Å². The standard InChI is InChI=1S/C13H18N4O2S/c1-4-19-13(18)10-5-15-17(3)11(10)6-14-7-12-16-9(2)8-20-12/h5,8,14H,4,6-7H2,1-3H3. The van der Waals surface area contributed by atoms with Gasteiger partial charge < -0.3 is 10.1 Å². The first kappa shape index (κ1) is 14.7. The lowest BCUT2D eigenvalue weighted by molar-refractivity contribution is 0.0524. The number of aromatic nitrogens is 3. The van der Waals surface area contributed by atoms with Crippen molar-refractivity contribution in [2.45, 2.75) is 26.9 Å². The van der Waals surface area contributed by atoms with E-state index in [1.807, 2.05) is 19.4 Å². The molecule has 0 aromatic carbocycles. The van der Waals surface area contributed by atoms with E-state index in [1.54, 1.807) is 29.1 Å². The van der Waals surface area contributed by atoms with Crippen LogP contribution in [0.15, 0.2) is 11.6 Å². The highest BCUT2D eigenvalue weighted by atomic mass is 32.1. The van der Waals surface area contributed by atoms with Gasteiger partial charge in [-0.25, -0.2) is 9.78 Å². The molecule has 0 spiro atoms. The molecule has 0 atom stereocenters. The van der Waals surface area contributed by atoms with Gasteiger partial charge in [-0.1, -0.05) is 0 Å². The molecule has 6 nitrogen and oxygen atoms in total. The topological polar surface area (TPSA) is 69.0 Å². The lowest BCUT2D eigenvalue weighted by Gasteiger charge is -2.06. The Labute approximate surface area is 121 Å². The predicted octanol–water partition coefficient (Wildman–Crippen LogP) is 1.65. The second-order valence-corrected chi connectivity index (χ2v) is 5.28. The van der Waals surface area contributed by atoms with Crippen molar-refractivity contribution in [1.29, 1.82) is 0 Å². The summed E-state index contributed by atoms with van der Waals surface area (Å²) in [6.07, 6.45) is 1.54. The minimum atomic E-state index is -0.331. The Bertz CT molecular complexity index is 591. The molecular weight excluding hydrogens is 276 g/mol. The molecule has 0 aliphatic carbocycles. The number of aryl methyl sites for hydroxylation is 2. The van der Waals surface area contributed by atoms with Gasteiger partial charge in [-0.3, -0.25) is 4.68 Å². The number of thiazole rings is 1. The second-order valence-electron chi connectivity index (χ2n) is 4.34. The zero-order chi connectivity index (χ0) is 14.5. The molecule has 0 saturated heterocycles. The molecule has 1 N–H and O–H groups in total. The quantitative estimate of drug-likeness (QED) is 0.820. The van der Waals surface area contributed by atoms with Crippen LogP contribution in [0.4, 0.5) is 0 Å². The zero-order valence-electron chi connectivity index (χ0n) is 11.8. The molecule has 0 radical (unpaired) electrons. The summed E-state index contributed by atoms with van der Waals surface area (Å²) in [7, 11) is 1.81. The van der Waals surface area contributed by atoms with Crippen LogP contribution in [-0.4, -0.2) is 27.3 Å². The molecule has 108 valence electrons. The number of carbonyl (C=O) groups excluding carboxylic acids is 1. The maximum absolute atomic E-state index is 11.8. The van der Waals surface area contributed by atoms with Gasteiger partial charge in [0.15, 0.2) is 0 Å². The minimum absolute atomic E-state index is 0.331. The number of hydrogen-bond donors (Lipinski definition) is 1. The normalized spacial score (nSPS) is 10.8. The van der Waals surface area contributed by atoms with Crippen molar-refractivity contribution in [1.82, 2.24) is 20.1 Å². The third-order valence-electron chi connectivity index (χ3n) is 2.79. The Morgan fingerprint density at radius 3 is 2.95 bits per heavy atom. The lowest BCUT2D eigenvalue weighted by Crippen LogP contribution is -2.18. The van der Waals surface area contributed by atoms with Crippen LogP contribution in [0.3, 0.4) is 0 Å². The molecule has 7 heteroatoms. The fourth-order valence-electron chi connectivity index (χ4n) is 1.82. The summed E-state index contributed by atoms with van der Waals surface area (Å²) in [6, 6.07) is 0. The lowest BCUT2D eigenvalue weighted by atomic mass is 10.2. The van der Waals surface area contributed by atoms with Crippen LogP contribution in [-0.2, 0) is 24.9 Å². The van der Waals surface area contributed by atoms with E-state index >= 15 is 0 Å². The van der Waals surface area contributed by atoms with Gasteiger partial charge in [0.1, 0.15) is 10.6 Å². The summed E-state index contributed by atoms with van der Waals surface area (Å²) in [5.74, 6) is -0.331. The third kappa shape index (κ3) is 3.43. The van der Waals surface area contributed by atoms with E-state index in [0.717, 1.165) is 16.4 Å². The SMILES string of the molecule is CCOC(=O)c1cnn(C)c1CNCc1nc(C)cs1. The molecule has 0 fully saturated rings. The Morgan fingerprint density at radius 1 is 1.50 bits per heavy atom. The first-order chi connectivity index (χ1) is 9.61. The molecule has 2 rings (SSSR count). The maximum atomic E-state index is 11.8. The first-order valence-electron chi connectivity index (χ1n) is 6.41. The molecule has 0 bridgehead atoms. The highest BCUT2D eigenvalue weighted by molar-refractivity contribution is 7.09. The summed E-state index contributed by atoms with van der Waals surface area (Å²) < 4.78 is 6.71. The van der Waals surface area contributed by atoms with Crippen LogP contribution in [0.2, 0.25) is 0 Å². The summed E-state index contributed by atoms with van der Waals surface area (Å²) in [6.45, 7) is 5.34. The van der Waals surface area contributed by atoms with Crippen LogP contribution >= 0.6 is 11.3 Å². The molecule has 0 aliphatic rings. The summed E-state index contributed by atoms with van der Waals surface area (Å²) in [5.41, 5.74) is 2.36. The fraction of sp³-hybridized carbons (Fsp3) is 0.462. The monoisotopic (exact) mass is 294 g/mol. The van der Waals surface area contributed by atoms with E-state index in [4.69, 9.17) is 4.74 Å². The number of carbonyl (C=O) groups is 1. The average molecular weight is 294 g/mol. The van der Waals surface area contributed by atoms with Crippen molar-refractivity contribution in [3.8, 4) is 0 Å². The van der Waals surface area contributed by atoms with Crippen molar-refractivity contribution in [2.75, 3.05) is 6.61 Å². The van der Waals surface area contributed by atoms with Gasteiger partial charge in [0.25, 0.3) is 0 Å². The van der Waals surface area contributed by atoms with E-state index in [1.165, 1.54) is 0 Å². The van der Waals surface area contributed by atoms with E-state index < -0.39 is 0 Å². The molecule has 2 heterocycles. The molecule has 0 aliphatic heterocycles. The molecule has 2 aromatic heterocycles. The minimum Gasteiger partial charge on any atom is -0.462 e. The summed E-state index contributed by atoms with van der Waals surface area (Å²) in [5, 5.41) is 10.4. The molecule has 0 amide bonds. The summed E-state index contributed by atoms with van der Waals surface area (Å²) in [4.78, 5) is 16.2. The van der Waals surface area contributed by atoms with E-state index in [9.17, 15) is 4.79 Å². The maximum Gasteiger partial charge on any atom is 0.341 e. The van der Waals surface area contributed by atoms with Crippen LogP contribution in [0.25, 0.3) is 0 Å². The van der Waals surface area contributed by atoms with Crippen LogP contribution in [0.5, 0.6) is 0 Å². The van der Waals surface area contributed by atoms with Gasteiger partial charge in [-0.2, -0.15) is 5.10 Å². The number of nitrogens with one attached hydrogen (secondary N) is 1. The Morgan fingerprint density at radius 2 is 2.30 bits per heavy atom. The van der Waals surface area contributed by atoms with Gasteiger partial charge >= 0.3 is 5.97 Å². The van der Waals surface area contributed by atoms with Crippen molar-refractivity contribution < 1.29 is 9.53 Å². The van der Waals surface area contributed by atoms with Crippen LogP contribution < -0.4 is 5.32 Å². The van der Waals surface area contributed by atoms with Crippen molar-refractivity contribution in [3.63, 3.8) is 0 Å². The molecule has 0 saturated carbocycles. The average Bonchev–Trinajstić information content (AvgIpc) is 2.97. The van der Waals surface area contributed by atoms with E-state index in [0.29, 0.717) is 25.3 Å². The highest BCUT2D eigenvalue weighted by Crippen LogP contribution is 2.11. The van der Waals surface area contributed by atoms with Crippen molar-refractivity contribution >= 4 is 17.3 Å². The van der Waals surface area contributed by atoms with Gasteiger partial charge in [-0.15, -0.1) is 11.3 Å². The van der Waals surface area contributed by atoms with Crippen molar-refractivity contribution in [2.24, 2.45) is 7.05 Å². The molecule has 2 aromatic rings. The van der Waals surface area contributed by atoms with Crippen LogP contribution in [0, 0.1) is 6.92 Å². The molecular formula is C13H18N4O2S. The second kappa shape index (κ2) is 6.62. The number of nitrogens with zero attached hydrogens (tertiary/aromatic N) is 3. The first-order valence-corrected chi connectivity index (χ1v) is 7.29. The molecule has 0 unspecified atom stereocenters. The smallest absolute Gasteiger partial charge is 0.341 e. The van der Waals surface area contributed by atoms with E-state index in [-0.39, 0.29) is 5.97 Å². The zero-order valence-corrected chi connectivity index (χ0v) is 12.7. The predicted molar refractivity (Wildman–Crippen MR) is 76.6 cm³/mol. The van der Waals surface area contributed by atoms with Gasteiger partial charge in [0, 0.05) is 31.2 Å². The Kier molecular flexibility index (Phi) is 4.86. The number of hydrogen-bond acceptors (Lipinski definition) is 6. The van der Waals surface area contributed by atoms with Crippen molar-refractivity contribution in [3.05, 3.63) is 33.5 Å². The summed E-state index contributed by atoms with van der Waals surface area (Å²) >= 11 is 1.62. The highest BCUT2D eigenvalue weighted by Gasteiger charge is 2.16. The van der Waals surface area contributed by atoms with Gasteiger partial charge in [-0.05, 0) is 13.8 Å². The largest absolute Gasteiger partial charge is 0.462 e. The molecule has 20 heavy (non-hydrogen) atoms. The Balaban J connectivity index is 1.98. The van der Waals surface area contributed by atoms with Gasteiger partial charge in [0.2, 0.25) is 0 Å². The third-order valence-corrected chi connectivity index (χ3v) is 3.76. The fourth-order valence-corrected chi connectivity index (χ4v) is 2.56. The van der Waals surface area contributed by atoms with Crippen LogP contribution in [0.1, 0.15) is 33.7 Å². The number of esters is 1. The number of ether oxygens (including phenoxy) is 1. The van der Waals surface area contributed by atoms with E-state index in [2.05, 4.69) is 15.4 Å². The Hall–Kier alpha value is -1.73. The number of rotatable bonds is 6.